The van der Waals surface area contributed by atoms with Gasteiger partial charge in [-0.2, -0.15) is 0 Å². The van der Waals surface area contributed by atoms with Gasteiger partial charge in [-0.3, -0.25) is 9.59 Å². The van der Waals surface area contributed by atoms with E-state index in [2.05, 4.69) is 21.2 Å². The summed E-state index contributed by atoms with van der Waals surface area (Å²) in [6.07, 6.45) is 1.73. The molecule has 0 saturated carbocycles. The number of amides is 1. The average molecular weight is 385 g/mol. The molecule has 124 valence electrons. The van der Waals surface area contributed by atoms with Crippen LogP contribution in [0, 0.1) is 11.7 Å². The Bertz CT molecular complexity index is 759. The number of carboxylic acids is 1. The minimum absolute atomic E-state index is 0.336. The fraction of sp³-hybridized carbons (Fsp3) is 0.375. The number of benzene rings is 1. The van der Waals surface area contributed by atoms with Gasteiger partial charge in [-0.15, -0.1) is 0 Å². The van der Waals surface area contributed by atoms with Gasteiger partial charge in [0.25, 0.3) is 0 Å². The molecule has 2 N–H and O–H groups in total. The summed E-state index contributed by atoms with van der Waals surface area (Å²) in [7, 11) is 0. The van der Waals surface area contributed by atoms with Crippen molar-refractivity contribution in [2.75, 3.05) is 0 Å². The van der Waals surface area contributed by atoms with E-state index in [0.29, 0.717) is 5.52 Å². The number of carboxylic acid groups (broad SMARTS) is 1. The maximum atomic E-state index is 14.2. The van der Waals surface area contributed by atoms with Crippen LogP contribution in [0.3, 0.4) is 0 Å². The van der Waals surface area contributed by atoms with Gasteiger partial charge in [-0.1, -0.05) is 22.9 Å². The Kier molecular flexibility index (Phi) is 5.09. The lowest BCUT2D eigenvalue weighted by Crippen LogP contribution is -2.42. The van der Waals surface area contributed by atoms with E-state index in [4.69, 9.17) is 5.11 Å². The van der Waals surface area contributed by atoms with E-state index in [1.807, 2.05) is 0 Å². The predicted octanol–water partition coefficient (Wildman–Crippen LogP) is 3.33. The van der Waals surface area contributed by atoms with Gasteiger partial charge in [0, 0.05) is 22.1 Å². The number of carbonyl (C=O) groups is 2. The number of fused-ring (bicyclic) bond motifs is 1. The van der Waals surface area contributed by atoms with Gasteiger partial charge >= 0.3 is 5.97 Å². The molecule has 0 fully saturated rings. The summed E-state index contributed by atoms with van der Waals surface area (Å²) in [6, 6.07) is 3.48. The third kappa shape index (κ3) is 3.39. The van der Waals surface area contributed by atoms with E-state index >= 15 is 0 Å². The van der Waals surface area contributed by atoms with Crippen molar-refractivity contribution in [3.8, 4) is 0 Å². The molecule has 1 aromatic carbocycles. The van der Waals surface area contributed by atoms with Gasteiger partial charge in [0.1, 0.15) is 11.9 Å². The van der Waals surface area contributed by atoms with Gasteiger partial charge in [0.05, 0.1) is 11.4 Å². The molecule has 1 heterocycles. The van der Waals surface area contributed by atoms with E-state index in [0.717, 1.165) is 9.86 Å². The number of hydrogen-bond donors (Lipinski definition) is 2. The minimum Gasteiger partial charge on any atom is -0.480 e. The zero-order valence-corrected chi connectivity index (χ0v) is 14.6. The van der Waals surface area contributed by atoms with Crippen molar-refractivity contribution in [3.63, 3.8) is 0 Å². The predicted molar refractivity (Wildman–Crippen MR) is 88.7 cm³/mol. The minimum atomic E-state index is -1.10. The quantitative estimate of drug-likeness (QED) is 0.830. The van der Waals surface area contributed by atoms with Crippen LogP contribution in [0.5, 0.6) is 0 Å². The van der Waals surface area contributed by atoms with Gasteiger partial charge in [-0.25, -0.2) is 4.39 Å². The molecule has 7 heteroatoms. The number of nitrogens with zero attached hydrogens (tertiary/aromatic N) is 1. The molecule has 0 aliphatic heterocycles. The SMILES string of the molecule is CC(NC(=O)C(C)C(C)n1ccc2c(Br)ccc(F)c21)C(=O)O. The van der Waals surface area contributed by atoms with Crippen molar-refractivity contribution in [1.29, 1.82) is 0 Å². The van der Waals surface area contributed by atoms with E-state index in [9.17, 15) is 14.0 Å². The summed E-state index contributed by atoms with van der Waals surface area (Å²) in [5.74, 6) is -2.37. The highest BCUT2D eigenvalue weighted by Gasteiger charge is 2.26. The number of rotatable bonds is 5. The van der Waals surface area contributed by atoms with E-state index in [1.54, 1.807) is 36.7 Å². The molecular weight excluding hydrogens is 367 g/mol. The Labute approximate surface area is 141 Å². The van der Waals surface area contributed by atoms with Crippen LogP contribution < -0.4 is 5.32 Å². The Balaban J connectivity index is 2.30. The molecule has 3 atom stereocenters. The molecule has 0 spiro atoms. The molecular formula is C16H18BrFN2O3. The number of aliphatic carboxylic acids is 1. The highest BCUT2D eigenvalue weighted by molar-refractivity contribution is 9.10. The average Bonchev–Trinajstić information content (AvgIpc) is 2.95. The molecule has 23 heavy (non-hydrogen) atoms. The van der Waals surface area contributed by atoms with Crippen LogP contribution in [0.15, 0.2) is 28.9 Å². The highest BCUT2D eigenvalue weighted by Crippen LogP contribution is 2.31. The van der Waals surface area contributed by atoms with Crippen molar-refractivity contribution < 1.29 is 19.1 Å². The molecule has 1 aromatic heterocycles. The normalized spacial score (nSPS) is 15.2. The Hall–Kier alpha value is -1.89. The van der Waals surface area contributed by atoms with Crippen molar-refractivity contribution in [2.24, 2.45) is 5.92 Å². The lowest BCUT2D eigenvalue weighted by Gasteiger charge is -2.23. The van der Waals surface area contributed by atoms with Crippen LogP contribution in [0.1, 0.15) is 26.8 Å². The van der Waals surface area contributed by atoms with Crippen LogP contribution in [-0.4, -0.2) is 27.6 Å². The first-order chi connectivity index (χ1) is 10.7. The van der Waals surface area contributed by atoms with E-state index in [-0.39, 0.29) is 17.8 Å². The summed E-state index contributed by atoms with van der Waals surface area (Å²) in [4.78, 5) is 23.0. The van der Waals surface area contributed by atoms with Crippen molar-refractivity contribution in [1.82, 2.24) is 9.88 Å². The van der Waals surface area contributed by atoms with Crippen molar-refractivity contribution >= 4 is 38.7 Å². The maximum absolute atomic E-state index is 14.2. The number of nitrogens with one attached hydrogen (secondary N) is 1. The zero-order chi connectivity index (χ0) is 17.3. The molecule has 1 amide bonds. The number of hydrogen-bond acceptors (Lipinski definition) is 2. The topological polar surface area (TPSA) is 71.3 Å². The lowest BCUT2D eigenvalue weighted by atomic mass is 10.0. The summed E-state index contributed by atoms with van der Waals surface area (Å²) >= 11 is 3.38. The third-order valence-electron chi connectivity index (χ3n) is 4.08. The number of aromatic nitrogens is 1. The van der Waals surface area contributed by atoms with E-state index < -0.39 is 17.9 Å². The molecule has 2 aromatic rings. The van der Waals surface area contributed by atoms with Crippen molar-refractivity contribution in [3.05, 3.63) is 34.7 Å². The van der Waals surface area contributed by atoms with Gasteiger partial charge < -0.3 is 15.0 Å². The molecule has 5 nitrogen and oxygen atoms in total. The summed E-state index contributed by atoms with van der Waals surface area (Å²) < 4.78 is 16.7. The zero-order valence-electron chi connectivity index (χ0n) is 13.0. The Morgan fingerprint density at radius 1 is 1.26 bits per heavy atom. The second kappa shape index (κ2) is 6.70. The van der Waals surface area contributed by atoms with Gasteiger partial charge in [-0.05, 0) is 32.0 Å². The number of halogens is 2. The van der Waals surface area contributed by atoms with Crippen LogP contribution in [0.2, 0.25) is 0 Å². The molecule has 0 radical (unpaired) electrons. The largest absolute Gasteiger partial charge is 0.480 e. The second-order valence-electron chi connectivity index (χ2n) is 5.61. The summed E-state index contributed by atoms with van der Waals surface area (Å²) in [5.41, 5.74) is 0.415. The van der Waals surface area contributed by atoms with Crippen LogP contribution in [0.4, 0.5) is 4.39 Å². The number of carbonyl (C=O) groups excluding carboxylic acids is 1. The summed E-state index contributed by atoms with van der Waals surface area (Å²) in [5, 5.41) is 12.0. The molecule has 2 rings (SSSR count). The van der Waals surface area contributed by atoms with Crippen LogP contribution in [0.25, 0.3) is 10.9 Å². The first-order valence-electron chi connectivity index (χ1n) is 7.21. The molecule has 3 unspecified atom stereocenters. The first-order valence-corrected chi connectivity index (χ1v) is 8.01. The standard InChI is InChI=1S/C16H18BrFN2O3/c1-8(15(21)19-9(2)16(22)23)10(3)20-7-6-11-12(17)4-5-13(18)14(11)20/h4-10H,1-3H3,(H,19,21)(H,22,23). The van der Waals surface area contributed by atoms with Gasteiger partial charge in [0.15, 0.2) is 0 Å². The Morgan fingerprint density at radius 2 is 1.91 bits per heavy atom. The smallest absolute Gasteiger partial charge is 0.325 e. The van der Waals surface area contributed by atoms with Crippen molar-refractivity contribution in [2.45, 2.75) is 32.9 Å². The fourth-order valence-corrected chi connectivity index (χ4v) is 2.87. The van der Waals surface area contributed by atoms with Crippen LogP contribution in [-0.2, 0) is 9.59 Å². The molecule has 0 bridgehead atoms. The van der Waals surface area contributed by atoms with Crippen LogP contribution >= 0.6 is 15.9 Å². The van der Waals surface area contributed by atoms with Gasteiger partial charge in [0.2, 0.25) is 5.91 Å². The molecule has 0 aliphatic carbocycles. The monoisotopic (exact) mass is 384 g/mol. The maximum Gasteiger partial charge on any atom is 0.325 e. The summed E-state index contributed by atoms with van der Waals surface area (Å²) in [6.45, 7) is 4.89. The Morgan fingerprint density at radius 3 is 2.52 bits per heavy atom. The fourth-order valence-electron chi connectivity index (χ4n) is 2.41. The lowest BCUT2D eigenvalue weighted by molar-refractivity contribution is -0.142. The third-order valence-corrected chi connectivity index (χ3v) is 4.77. The van der Waals surface area contributed by atoms with E-state index in [1.165, 1.54) is 13.0 Å². The first kappa shape index (κ1) is 17.5. The molecule has 0 saturated heterocycles. The second-order valence-corrected chi connectivity index (χ2v) is 6.47. The molecule has 0 aliphatic rings. The highest BCUT2D eigenvalue weighted by atomic mass is 79.9.